The normalized spacial score (nSPS) is 8.93. The van der Waals surface area contributed by atoms with E-state index in [4.69, 9.17) is 23.1 Å². The molecule has 14 heavy (non-hydrogen) atoms. The summed E-state index contributed by atoms with van der Waals surface area (Å²) in [6.45, 7) is 0.575. The van der Waals surface area contributed by atoms with Gasteiger partial charge in [-0.15, -0.1) is 12.4 Å². The summed E-state index contributed by atoms with van der Waals surface area (Å²) in [5, 5.41) is 0.758. The van der Waals surface area contributed by atoms with Crippen LogP contribution in [-0.2, 0) is 6.42 Å². The van der Waals surface area contributed by atoms with E-state index in [2.05, 4.69) is 4.99 Å². The van der Waals surface area contributed by atoms with E-state index in [0.717, 1.165) is 17.0 Å². The van der Waals surface area contributed by atoms with Crippen LogP contribution in [0.25, 0.3) is 0 Å². The van der Waals surface area contributed by atoms with E-state index in [-0.39, 0.29) is 18.4 Å². The first kappa shape index (κ1) is 13.1. The fourth-order valence-electron chi connectivity index (χ4n) is 1.01. The molecule has 0 aliphatic heterocycles. The van der Waals surface area contributed by atoms with E-state index < -0.39 is 0 Å². The third kappa shape index (κ3) is 4.35. The number of hydrogen-bond donors (Lipinski definition) is 2. The number of aliphatic imine (C=N–C) groups is 1. The Morgan fingerprint density at radius 2 is 1.93 bits per heavy atom. The second kappa shape index (κ2) is 6.51. The third-order valence-electron chi connectivity index (χ3n) is 1.63. The smallest absolute Gasteiger partial charge is 0.185 e. The first-order chi connectivity index (χ1) is 6.20. The van der Waals surface area contributed by atoms with Crippen molar-refractivity contribution in [1.82, 2.24) is 0 Å². The molecular weight excluding hydrogens is 221 g/mol. The predicted molar refractivity (Wildman–Crippen MR) is 63.1 cm³/mol. The van der Waals surface area contributed by atoms with Crippen molar-refractivity contribution in [3.05, 3.63) is 34.9 Å². The number of benzene rings is 1. The zero-order valence-electron chi connectivity index (χ0n) is 7.61. The maximum Gasteiger partial charge on any atom is 0.185 e. The van der Waals surface area contributed by atoms with E-state index in [1.54, 1.807) is 0 Å². The van der Waals surface area contributed by atoms with Crippen molar-refractivity contribution in [3.63, 3.8) is 0 Å². The Morgan fingerprint density at radius 1 is 1.29 bits per heavy atom. The van der Waals surface area contributed by atoms with Crippen molar-refractivity contribution >= 4 is 30.0 Å². The zero-order chi connectivity index (χ0) is 9.68. The highest BCUT2D eigenvalue weighted by Crippen LogP contribution is 2.14. The molecular formula is C9H13Cl2N3. The third-order valence-corrected chi connectivity index (χ3v) is 2.00. The zero-order valence-corrected chi connectivity index (χ0v) is 9.18. The fourth-order valence-corrected chi connectivity index (χ4v) is 1.24. The van der Waals surface area contributed by atoms with Gasteiger partial charge in [0.05, 0.1) is 0 Å². The Bertz CT molecular complexity index is 309. The van der Waals surface area contributed by atoms with Gasteiger partial charge in [-0.1, -0.05) is 29.8 Å². The monoisotopic (exact) mass is 233 g/mol. The summed E-state index contributed by atoms with van der Waals surface area (Å²) in [5.74, 6) is 0.118. The van der Waals surface area contributed by atoms with Crippen molar-refractivity contribution in [2.75, 3.05) is 6.54 Å². The molecule has 0 saturated carbocycles. The minimum Gasteiger partial charge on any atom is -0.370 e. The summed E-state index contributed by atoms with van der Waals surface area (Å²) in [6.07, 6.45) is 0.761. The molecule has 3 nitrogen and oxygen atoms in total. The van der Waals surface area contributed by atoms with Crippen LogP contribution in [0.2, 0.25) is 5.02 Å². The van der Waals surface area contributed by atoms with Gasteiger partial charge in [-0.2, -0.15) is 0 Å². The van der Waals surface area contributed by atoms with E-state index in [1.807, 2.05) is 24.3 Å². The molecule has 0 aliphatic rings. The van der Waals surface area contributed by atoms with Crippen LogP contribution in [0.5, 0.6) is 0 Å². The van der Waals surface area contributed by atoms with Gasteiger partial charge in [0, 0.05) is 11.6 Å². The predicted octanol–water partition coefficient (Wildman–Crippen LogP) is 1.58. The summed E-state index contributed by atoms with van der Waals surface area (Å²) in [4.78, 5) is 3.87. The molecule has 0 spiro atoms. The number of rotatable bonds is 3. The quantitative estimate of drug-likeness (QED) is 0.616. The summed E-state index contributed by atoms with van der Waals surface area (Å²) in [6, 6.07) is 7.65. The van der Waals surface area contributed by atoms with E-state index in [9.17, 15) is 0 Å². The fraction of sp³-hybridized carbons (Fsp3) is 0.222. The molecule has 0 aliphatic carbocycles. The topological polar surface area (TPSA) is 64.4 Å². The Labute approximate surface area is 94.6 Å². The van der Waals surface area contributed by atoms with Gasteiger partial charge < -0.3 is 11.5 Å². The second-order valence-corrected chi connectivity index (χ2v) is 3.06. The number of guanidine groups is 1. The minimum atomic E-state index is 0. The Hall–Kier alpha value is -0.930. The van der Waals surface area contributed by atoms with Crippen LogP contribution in [0.3, 0.4) is 0 Å². The van der Waals surface area contributed by atoms with Gasteiger partial charge in [0.15, 0.2) is 5.96 Å². The van der Waals surface area contributed by atoms with Gasteiger partial charge in [0.2, 0.25) is 0 Å². The van der Waals surface area contributed by atoms with Gasteiger partial charge >= 0.3 is 0 Å². The highest BCUT2D eigenvalue weighted by molar-refractivity contribution is 6.31. The van der Waals surface area contributed by atoms with Crippen molar-refractivity contribution < 1.29 is 0 Å². The standard InChI is InChI=1S/C9H12ClN3.ClH/c10-8-4-2-1-3-7(8)5-6-13-9(11)12;/h1-4H,5-6H2,(H4,11,12,13);1H. The summed E-state index contributed by atoms with van der Waals surface area (Å²) in [5.41, 5.74) is 11.4. The van der Waals surface area contributed by atoms with Crippen LogP contribution in [-0.4, -0.2) is 12.5 Å². The Morgan fingerprint density at radius 3 is 2.50 bits per heavy atom. The molecule has 0 heterocycles. The van der Waals surface area contributed by atoms with Gasteiger partial charge in [-0.3, -0.25) is 4.99 Å². The number of nitrogens with two attached hydrogens (primary N) is 2. The van der Waals surface area contributed by atoms with Crippen molar-refractivity contribution in [3.8, 4) is 0 Å². The molecule has 0 radical (unpaired) electrons. The molecule has 4 N–H and O–H groups in total. The molecule has 0 fully saturated rings. The van der Waals surface area contributed by atoms with Gasteiger partial charge in [0.1, 0.15) is 0 Å². The van der Waals surface area contributed by atoms with Crippen molar-refractivity contribution in [2.45, 2.75) is 6.42 Å². The van der Waals surface area contributed by atoms with Crippen LogP contribution in [0, 0.1) is 0 Å². The van der Waals surface area contributed by atoms with E-state index in [1.165, 1.54) is 0 Å². The number of nitrogens with zero attached hydrogens (tertiary/aromatic N) is 1. The molecule has 0 saturated heterocycles. The van der Waals surface area contributed by atoms with Crippen LogP contribution in [0.15, 0.2) is 29.3 Å². The Kier molecular flexibility index (Phi) is 6.08. The summed E-state index contributed by atoms with van der Waals surface area (Å²) in [7, 11) is 0. The van der Waals surface area contributed by atoms with Crippen molar-refractivity contribution in [2.24, 2.45) is 16.5 Å². The lowest BCUT2D eigenvalue weighted by Gasteiger charge is -2.00. The van der Waals surface area contributed by atoms with E-state index in [0.29, 0.717) is 6.54 Å². The van der Waals surface area contributed by atoms with Crippen molar-refractivity contribution in [1.29, 1.82) is 0 Å². The molecule has 0 amide bonds. The van der Waals surface area contributed by atoms with Gasteiger partial charge in [0.25, 0.3) is 0 Å². The SMILES string of the molecule is Cl.NC(N)=NCCc1ccccc1Cl. The van der Waals surface area contributed by atoms with Gasteiger partial charge in [-0.25, -0.2) is 0 Å². The highest BCUT2D eigenvalue weighted by Gasteiger charge is 1.96. The molecule has 78 valence electrons. The molecule has 0 aromatic heterocycles. The molecule has 0 atom stereocenters. The lowest BCUT2D eigenvalue weighted by molar-refractivity contribution is 0.962. The molecule has 1 rings (SSSR count). The summed E-state index contributed by atoms with van der Waals surface area (Å²) >= 11 is 5.93. The lowest BCUT2D eigenvalue weighted by atomic mass is 10.1. The van der Waals surface area contributed by atoms with E-state index >= 15 is 0 Å². The van der Waals surface area contributed by atoms with Crippen LogP contribution in [0.4, 0.5) is 0 Å². The van der Waals surface area contributed by atoms with Crippen LogP contribution >= 0.6 is 24.0 Å². The van der Waals surface area contributed by atoms with Crippen LogP contribution < -0.4 is 11.5 Å². The molecule has 1 aromatic rings. The average molecular weight is 234 g/mol. The molecule has 5 heteroatoms. The molecule has 0 unspecified atom stereocenters. The maximum atomic E-state index is 5.93. The molecule has 1 aromatic carbocycles. The lowest BCUT2D eigenvalue weighted by Crippen LogP contribution is -2.23. The average Bonchev–Trinajstić information content (AvgIpc) is 2.08. The Balaban J connectivity index is 0.00000169. The summed E-state index contributed by atoms with van der Waals surface area (Å²) < 4.78 is 0. The minimum absolute atomic E-state index is 0. The largest absolute Gasteiger partial charge is 0.370 e. The maximum absolute atomic E-state index is 5.93. The molecule has 0 bridgehead atoms. The highest BCUT2D eigenvalue weighted by atomic mass is 35.5. The number of halogens is 2. The second-order valence-electron chi connectivity index (χ2n) is 2.65. The first-order valence-electron chi connectivity index (χ1n) is 3.99. The number of hydrogen-bond acceptors (Lipinski definition) is 1. The van der Waals surface area contributed by atoms with Gasteiger partial charge in [-0.05, 0) is 18.1 Å². The first-order valence-corrected chi connectivity index (χ1v) is 4.37. The van der Waals surface area contributed by atoms with Crippen LogP contribution in [0.1, 0.15) is 5.56 Å².